The van der Waals surface area contributed by atoms with E-state index in [-0.39, 0.29) is 23.2 Å². The summed E-state index contributed by atoms with van der Waals surface area (Å²) in [7, 11) is 1.60. The highest BCUT2D eigenvalue weighted by Crippen LogP contribution is 2.33. The van der Waals surface area contributed by atoms with Crippen molar-refractivity contribution in [3.05, 3.63) is 47.3 Å². The number of carbonyl (C=O) groups is 2. The van der Waals surface area contributed by atoms with Gasteiger partial charge in [-0.25, -0.2) is 4.79 Å². The van der Waals surface area contributed by atoms with Crippen LogP contribution in [0.3, 0.4) is 0 Å². The van der Waals surface area contributed by atoms with Gasteiger partial charge in [0.1, 0.15) is 5.56 Å². The van der Waals surface area contributed by atoms with Crippen molar-refractivity contribution < 1.29 is 14.7 Å². The Morgan fingerprint density at radius 3 is 2.76 bits per heavy atom. The van der Waals surface area contributed by atoms with Crippen molar-refractivity contribution in [2.75, 3.05) is 4.90 Å². The molecule has 0 bridgehead atoms. The normalized spacial score (nSPS) is 16.9. The molecule has 1 atom stereocenters. The molecule has 0 fully saturated rings. The van der Waals surface area contributed by atoms with Gasteiger partial charge in [-0.05, 0) is 25.0 Å². The topological polar surface area (TPSA) is 75.4 Å². The number of aromatic carboxylic acids is 1. The van der Waals surface area contributed by atoms with Gasteiger partial charge in [-0.2, -0.15) is 5.10 Å². The van der Waals surface area contributed by atoms with E-state index in [0.29, 0.717) is 0 Å². The quantitative estimate of drug-likeness (QED) is 0.911. The third kappa shape index (κ3) is 2.08. The summed E-state index contributed by atoms with van der Waals surface area (Å²) in [5.41, 5.74) is 1.83. The molecule has 2 aromatic rings. The minimum atomic E-state index is -1.15. The van der Waals surface area contributed by atoms with Gasteiger partial charge in [0, 0.05) is 25.0 Å². The minimum Gasteiger partial charge on any atom is -0.478 e. The van der Waals surface area contributed by atoms with Gasteiger partial charge < -0.3 is 10.0 Å². The molecule has 108 valence electrons. The van der Waals surface area contributed by atoms with E-state index in [1.54, 1.807) is 11.9 Å². The maximum Gasteiger partial charge on any atom is 0.339 e. The molecule has 1 aromatic heterocycles. The second-order valence-corrected chi connectivity index (χ2v) is 5.23. The van der Waals surface area contributed by atoms with Crippen LogP contribution in [0.2, 0.25) is 0 Å². The predicted octanol–water partition coefficient (Wildman–Crippen LogP) is 1.71. The fraction of sp³-hybridized carbons (Fsp3) is 0.267. The Bertz CT molecular complexity index is 736. The summed E-state index contributed by atoms with van der Waals surface area (Å²) in [5.74, 6) is -1.52. The number of hydrogen-bond donors (Lipinski definition) is 1. The first-order valence-corrected chi connectivity index (χ1v) is 6.67. The van der Waals surface area contributed by atoms with Gasteiger partial charge in [-0.15, -0.1) is 0 Å². The molecule has 0 saturated heterocycles. The van der Waals surface area contributed by atoms with Crippen LogP contribution in [0.15, 0.2) is 30.5 Å². The predicted molar refractivity (Wildman–Crippen MR) is 76.6 cm³/mol. The fourth-order valence-electron chi connectivity index (χ4n) is 2.79. The number of fused-ring (bicyclic) bond motifs is 1. The Balaban J connectivity index is 2.05. The zero-order valence-electron chi connectivity index (χ0n) is 11.8. The van der Waals surface area contributed by atoms with Crippen LogP contribution < -0.4 is 4.90 Å². The van der Waals surface area contributed by atoms with E-state index in [1.165, 1.54) is 10.9 Å². The number of amides is 1. The molecule has 0 radical (unpaired) electrons. The van der Waals surface area contributed by atoms with Crippen molar-refractivity contribution in [1.82, 2.24) is 9.78 Å². The summed E-state index contributed by atoms with van der Waals surface area (Å²) in [6.07, 6.45) is 2.11. The van der Waals surface area contributed by atoms with Crippen molar-refractivity contribution in [3.8, 4) is 0 Å². The first-order valence-electron chi connectivity index (χ1n) is 6.67. The fourth-order valence-corrected chi connectivity index (χ4v) is 2.79. The maximum atomic E-state index is 12.7. The number of aryl methyl sites for hydroxylation is 1. The van der Waals surface area contributed by atoms with Crippen LogP contribution in [-0.2, 0) is 13.5 Å². The number of nitrogens with zero attached hydrogens (tertiary/aromatic N) is 3. The number of carbonyl (C=O) groups excluding carboxylic acids is 1. The van der Waals surface area contributed by atoms with E-state index in [9.17, 15) is 14.7 Å². The monoisotopic (exact) mass is 285 g/mol. The third-order valence-electron chi connectivity index (χ3n) is 3.69. The van der Waals surface area contributed by atoms with Gasteiger partial charge in [0.05, 0.1) is 0 Å². The Kier molecular flexibility index (Phi) is 3.01. The SMILES string of the molecule is C[C@@H]1Cc2ccccc2N1C(=O)c1nn(C)cc1C(=O)O. The molecule has 1 aliphatic heterocycles. The highest BCUT2D eigenvalue weighted by molar-refractivity contribution is 6.11. The third-order valence-corrected chi connectivity index (χ3v) is 3.69. The molecule has 1 N–H and O–H groups in total. The number of carboxylic acid groups (broad SMARTS) is 1. The van der Waals surface area contributed by atoms with Crippen molar-refractivity contribution in [1.29, 1.82) is 0 Å². The van der Waals surface area contributed by atoms with Crippen LogP contribution in [0, 0.1) is 0 Å². The molecule has 0 unspecified atom stereocenters. The molecule has 0 saturated carbocycles. The summed E-state index contributed by atoms with van der Waals surface area (Å²) in [5, 5.41) is 13.2. The van der Waals surface area contributed by atoms with Crippen molar-refractivity contribution in [2.45, 2.75) is 19.4 Å². The van der Waals surface area contributed by atoms with Crippen molar-refractivity contribution in [3.63, 3.8) is 0 Å². The lowest BCUT2D eigenvalue weighted by Crippen LogP contribution is -2.36. The van der Waals surface area contributed by atoms with Crippen LogP contribution >= 0.6 is 0 Å². The number of hydrogen-bond acceptors (Lipinski definition) is 3. The maximum absolute atomic E-state index is 12.7. The molecular weight excluding hydrogens is 270 g/mol. The van der Waals surface area contributed by atoms with Crippen molar-refractivity contribution >= 4 is 17.6 Å². The van der Waals surface area contributed by atoms with Gasteiger partial charge in [0.2, 0.25) is 0 Å². The number of carboxylic acids is 1. The Labute approximate surface area is 121 Å². The molecule has 0 spiro atoms. The Morgan fingerprint density at radius 2 is 2.05 bits per heavy atom. The first kappa shape index (κ1) is 13.4. The second-order valence-electron chi connectivity index (χ2n) is 5.23. The van der Waals surface area contributed by atoms with Crippen LogP contribution in [0.25, 0.3) is 0 Å². The van der Waals surface area contributed by atoms with E-state index in [4.69, 9.17) is 0 Å². The van der Waals surface area contributed by atoms with Gasteiger partial charge in [-0.1, -0.05) is 18.2 Å². The minimum absolute atomic E-state index is 0.0152. The number of rotatable bonds is 2. The van der Waals surface area contributed by atoms with E-state index < -0.39 is 5.97 Å². The summed E-state index contributed by atoms with van der Waals surface area (Å²) in [6.45, 7) is 1.95. The van der Waals surface area contributed by atoms with Crippen LogP contribution in [0.4, 0.5) is 5.69 Å². The van der Waals surface area contributed by atoms with Gasteiger partial charge in [0.25, 0.3) is 5.91 Å². The molecule has 1 amide bonds. The molecular formula is C15H15N3O3. The van der Waals surface area contributed by atoms with E-state index in [1.807, 2.05) is 31.2 Å². The Morgan fingerprint density at radius 1 is 1.33 bits per heavy atom. The van der Waals surface area contributed by atoms with E-state index in [2.05, 4.69) is 5.10 Å². The molecule has 1 aliphatic rings. The van der Waals surface area contributed by atoms with E-state index in [0.717, 1.165) is 17.7 Å². The summed E-state index contributed by atoms with van der Waals surface area (Å²) in [4.78, 5) is 25.6. The smallest absolute Gasteiger partial charge is 0.339 e. The highest BCUT2D eigenvalue weighted by Gasteiger charge is 2.34. The van der Waals surface area contributed by atoms with Crippen LogP contribution in [-0.4, -0.2) is 32.8 Å². The van der Waals surface area contributed by atoms with Gasteiger partial charge >= 0.3 is 5.97 Å². The first-order chi connectivity index (χ1) is 9.99. The average Bonchev–Trinajstić information content (AvgIpc) is 2.97. The number of aromatic nitrogens is 2. The molecule has 3 rings (SSSR count). The molecule has 6 nitrogen and oxygen atoms in total. The number of anilines is 1. The van der Waals surface area contributed by atoms with E-state index >= 15 is 0 Å². The number of para-hydroxylation sites is 1. The van der Waals surface area contributed by atoms with Crippen molar-refractivity contribution in [2.24, 2.45) is 7.05 Å². The molecule has 1 aromatic carbocycles. The van der Waals surface area contributed by atoms with Crippen LogP contribution in [0.1, 0.15) is 33.3 Å². The lowest BCUT2D eigenvalue weighted by Gasteiger charge is -2.21. The van der Waals surface area contributed by atoms with Crippen LogP contribution in [0.5, 0.6) is 0 Å². The zero-order chi connectivity index (χ0) is 15.1. The highest BCUT2D eigenvalue weighted by atomic mass is 16.4. The molecule has 6 heteroatoms. The molecule has 21 heavy (non-hydrogen) atoms. The van der Waals surface area contributed by atoms with Gasteiger partial charge in [0.15, 0.2) is 5.69 Å². The summed E-state index contributed by atoms with van der Waals surface area (Å²) >= 11 is 0. The molecule has 0 aliphatic carbocycles. The zero-order valence-corrected chi connectivity index (χ0v) is 11.8. The second kappa shape index (κ2) is 4.73. The Hall–Kier alpha value is -2.63. The average molecular weight is 285 g/mol. The summed E-state index contributed by atoms with van der Waals surface area (Å²) in [6, 6.07) is 7.64. The molecule has 2 heterocycles. The number of benzene rings is 1. The largest absolute Gasteiger partial charge is 0.478 e. The summed E-state index contributed by atoms with van der Waals surface area (Å²) < 4.78 is 1.35. The lowest BCUT2D eigenvalue weighted by atomic mass is 10.1. The lowest BCUT2D eigenvalue weighted by molar-refractivity contribution is 0.0691. The van der Waals surface area contributed by atoms with Gasteiger partial charge in [-0.3, -0.25) is 9.48 Å². The standard InChI is InChI=1S/C15H15N3O3/c1-9-7-10-5-3-4-6-12(10)18(9)14(19)13-11(15(20)21)8-17(2)16-13/h3-6,8-9H,7H2,1-2H3,(H,20,21)/t9-/m1/s1.